The summed E-state index contributed by atoms with van der Waals surface area (Å²) in [4.78, 5) is 8.94. The molecule has 0 saturated carbocycles. The summed E-state index contributed by atoms with van der Waals surface area (Å²) in [5.74, 6) is -0.210. The molecule has 1 atom stereocenters. The summed E-state index contributed by atoms with van der Waals surface area (Å²) in [7, 11) is 1.45. The first-order chi connectivity index (χ1) is 13.4. The van der Waals surface area contributed by atoms with Gasteiger partial charge in [-0.1, -0.05) is 13.8 Å². The van der Waals surface area contributed by atoms with Gasteiger partial charge in [0.2, 0.25) is 0 Å². The van der Waals surface area contributed by atoms with Crippen molar-refractivity contribution in [2.45, 2.75) is 59.9 Å². The summed E-state index contributed by atoms with van der Waals surface area (Å²) in [6.45, 7) is 10.9. The van der Waals surface area contributed by atoms with Gasteiger partial charge in [0.25, 0.3) is 0 Å². The molecule has 0 radical (unpaired) electrons. The van der Waals surface area contributed by atoms with E-state index in [1.165, 1.54) is 18.4 Å². The van der Waals surface area contributed by atoms with E-state index in [2.05, 4.69) is 14.7 Å². The SMILES string of the molecule is CCC(C)/C(C)=N\c1c(C)c(-c2cscn2)cc(C(C)(C)OC)c1OC(F)(F)F. The van der Waals surface area contributed by atoms with Crippen LogP contribution in [0.2, 0.25) is 0 Å². The van der Waals surface area contributed by atoms with Gasteiger partial charge in [-0.15, -0.1) is 24.5 Å². The van der Waals surface area contributed by atoms with Crippen LogP contribution in [0.3, 0.4) is 0 Å². The number of alkyl halides is 3. The van der Waals surface area contributed by atoms with Crippen LogP contribution in [0.5, 0.6) is 5.75 Å². The minimum atomic E-state index is -4.86. The van der Waals surface area contributed by atoms with E-state index in [9.17, 15) is 13.2 Å². The van der Waals surface area contributed by atoms with Crippen LogP contribution < -0.4 is 4.74 Å². The highest BCUT2D eigenvalue weighted by Gasteiger charge is 2.37. The lowest BCUT2D eigenvalue weighted by molar-refractivity contribution is -0.275. The fraction of sp³-hybridized carbons (Fsp3) is 0.524. The van der Waals surface area contributed by atoms with Crippen LogP contribution >= 0.6 is 11.3 Å². The summed E-state index contributed by atoms with van der Waals surface area (Å²) in [5.41, 5.74) is 3.77. The predicted octanol–water partition coefficient (Wildman–Crippen LogP) is 7.04. The molecule has 1 aromatic carbocycles. The van der Waals surface area contributed by atoms with E-state index >= 15 is 0 Å². The van der Waals surface area contributed by atoms with Gasteiger partial charge in [0.1, 0.15) is 5.69 Å². The van der Waals surface area contributed by atoms with E-state index in [1.54, 1.807) is 32.3 Å². The molecule has 1 unspecified atom stereocenters. The fourth-order valence-corrected chi connectivity index (χ4v) is 3.40. The second-order valence-corrected chi connectivity index (χ2v) is 8.19. The first-order valence-corrected chi connectivity index (χ1v) is 10.3. The number of hydrogen-bond acceptors (Lipinski definition) is 5. The Hall–Kier alpha value is -1.93. The number of benzene rings is 1. The molecule has 0 fully saturated rings. The van der Waals surface area contributed by atoms with Crippen molar-refractivity contribution in [2.75, 3.05) is 7.11 Å². The third-order valence-electron chi connectivity index (χ3n) is 5.21. The van der Waals surface area contributed by atoms with Crippen LogP contribution in [-0.2, 0) is 10.3 Å². The highest BCUT2D eigenvalue weighted by Crippen LogP contribution is 2.47. The van der Waals surface area contributed by atoms with Crippen molar-refractivity contribution < 1.29 is 22.6 Å². The molecular weight excluding hydrogens is 401 g/mol. The minimum absolute atomic E-state index is 0.120. The van der Waals surface area contributed by atoms with Crippen LogP contribution in [0.15, 0.2) is 21.9 Å². The molecule has 0 spiro atoms. The van der Waals surface area contributed by atoms with E-state index < -0.39 is 12.0 Å². The Morgan fingerprint density at radius 1 is 1.31 bits per heavy atom. The number of methoxy groups -OCH3 is 1. The lowest BCUT2D eigenvalue weighted by atomic mass is 9.90. The Morgan fingerprint density at radius 2 is 1.97 bits per heavy atom. The first-order valence-electron chi connectivity index (χ1n) is 9.34. The number of aromatic nitrogens is 1. The summed E-state index contributed by atoms with van der Waals surface area (Å²) < 4.78 is 50.0. The largest absolute Gasteiger partial charge is 0.573 e. The van der Waals surface area contributed by atoms with Gasteiger partial charge in [-0.25, -0.2) is 4.98 Å². The van der Waals surface area contributed by atoms with Gasteiger partial charge in [0.15, 0.2) is 5.75 Å². The zero-order chi connectivity index (χ0) is 22.0. The summed E-state index contributed by atoms with van der Waals surface area (Å²) in [6.07, 6.45) is -4.03. The first kappa shape index (κ1) is 23.3. The molecule has 0 saturated heterocycles. The molecule has 8 heteroatoms. The van der Waals surface area contributed by atoms with Crippen LogP contribution in [0.1, 0.15) is 52.2 Å². The number of nitrogens with zero attached hydrogens (tertiary/aromatic N) is 2. The Balaban J connectivity index is 2.91. The molecule has 1 aromatic heterocycles. The molecule has 4 nitrogen and oxygen atoms in total. The van der Waals surface area contributed by atoms with E-state index in [0.29, 0.717) is 16.8 Å². The normalized spacial score (nSPS) is 14.2. The van der Waals surface area contributed by atoms with Crippen molar-refractivity contribution in [3.8, 4) is 17.0 Å². The fourth-order valence-electron chi connectivity index (χ4n) is 2.85. The van der Waals surface area contributed by atoms with E-state index in [-0.39, 0.29) is 22.9 Å². The molecule has 0 aliphatic rings. The van der Waals surface area contributed by atoms with Crippen LogP contribution in [0.4, 0.5) is 18.9 Å². The average Bonchev–Trinajstić information content (AvgIpc) is 3.16. The van der Waals surface area contributed by atoms with Crippen molar-refractivity contribution in [3.63, 3.8) is 0 Å². The van der Waals surface area contributed by atoms with Crippen molar-refractivity contribution in [1.82, 2.24) is 4.98 Å². The molecule has 2 rings (SSSR count). The molecular formula is C21H27F3N2O2S. The second kappa shape index (κ2) is 8.83. The van der Waals surface area contributed by atoms with Gasteiger partial charge in [-0.2, -0.15) is 0 Å². The van der Waals surface area contributed by atoms with Crippen molar-refractivity contribution in [1.29, 1.82) is 0 Å². The lowest BCUT2D eigenvalue weighted by Gasteiger charge is -2.29. The molecule has 0 N–H and O–H groups in total. The van der Waals surface area contributed by atoms with Crippen molar-refractivity contribution >= 4 is 22.7 Å². The third kappa shape index (κ3) is 5.36. The maximum absolute atomic E-state index is 13.3. The smallest absolute Gasteiger partial charge is 0.403 e. The van der Waals surface area contributed by atoms with Gasteiger partial charge in [-0.3, -0.25) is 4.99 Å². The van der Waals surface area contributed by atoms with Crippen LogP contribution in [0.25, 0.3) is 11.3 Å². The minimum Gasteiger partial charge on any atom is -0.403 e. The Morgan fingerprint density at radius 3 is 2.45 bits per heavy atom. The van der Waals surface area contributed by atoms with Crippen LogP contribution in [-0.4, -0.2) is 24.2 Å². The van der Waals surface area contributed by atoms with Gasteiger partial charge in [0, 0.05) is 29.3 Å². The topological polar surface area (TPSA) is 43.7 Å². The molecule has 2 aromatic rings. The summed E-state index contributed by atoms with van der Waals surface area (Å²) in [6, 6.07) is 1.66. The van der Waals surface area contributed by atoms with Crippen LogP contribution in [0, 0.1) is 12.8 Å². The maximum atomic E-state index is 13.3. The molecule has 0 aliphatic carbocycles. The standard InChI is InChI=1S/C21H27F3N2O2S/c1-8-12(2)14(4)26-18-13(3)15(17-10-29-11-25-17)9-16(20(5,6)27-7)19(18)28-21(22,23)24/h9-12H,8H2,1-7H3/b26-14-. The zero-order valence-electron chi connectivity index (χ0n) is 17.8. The molecule has 29 heavy (non-hydrogen) atoms. The number of thiazole rings is 1. The predicted molar refractivity (Wildman–Crippen MR) is 111 cm³/mol. The summed E-state index contributed by atoms with van der Waals surface area (Å²) in [5, 5.41) is 1.85. The van der Waals surface area contributed by atoms with Gasteiger partial charge in [0.05, 0.1) is 16.8 Å². The Kier molecular flexibility index (Phi) is 7.11. The molecule has 160 valence electrons. The molecule has 1 heterocycles. The lowest BCUT2D eigenvalue weighted by Crippen LogP contribution is -2.25. The number of aliphatic imine (C=N–C) groups is 1. The number of rotatable bonds is 7. The number of ether oxygens (including phenoxy) is 2. The highest BCUT2D eigenvalue weighted by molar-refractivity contribution is 7.07. The molecule has 0 aliphatic heterocycles. The van der Waals surface area contributed by atoms with Gasteiger partial charge < -0.3 is 9.47 Å². The Labute approximate surface area is 173 Å². The average molecular weight is 429 g/mol. The number of halogens is 3. The molecule has 0 bridgehead atoms. The zero-order valence-corrected chi connectivity index (χ0v) is 18.6. The van der Waals surface area contributed by atoms with E-state index in [4.69, 9.17) is 4.74 Å². The summed E-state index contributed by atoms with van der Waals surface area (Å²) >= 11 is 1.42. The third-order valence-corrected chi connectivity index (χ3v) is 5.79. The van der Waals surface area contributed by atoms with Gasteiger partial charge in [-0.05, 0) is 51.7 Å². The van der Waals surface area contributed by atoms with Gasteiger partial charge >= 0.3 is 6.36 Å². The second-order valence-electron chi connectivity index (χ2n) is 7.47. The van der Waals surface area contributed by atoms with Crippen molar-refractivity contribution in [3.05, 3.63) is 28.1 Å². The Bertz CT molecular complexity index is 875. The van der Waals surface area contributed by atoms with E-state index in [1.807, 2.05) is 26.2 Å². The maximum Gasteiger partial charge on any atom is 0.573 e. The highest BCUT2D eigenvalue weighted by atomic mass is 32.1. The number of hydrogen-bond donors (Lipinski definition) is 0. The quantitative estimate of drug-likeness (QED) is 0.444. The molecule has 0 amide bonds. The monoisotopic (exact) mass is 428 g/mol. The van der Waals surface area contributed by atoms with E-state index in [0.717, 1.165) is 12.1 Å². The van der Waals surface area contributed by atoms with Crippen molar-refractivity contribution in [2.24, 2.45) is 10.9 Å².